The number of nitrogens with zero attached hydrogens (tertiary/aromatic N) is 3. The second-order valence-electron chi connectivity index (χ2n) is 3.46. The van der Waals surface area contributed by atoms with Crippen molar-refractivity contribution in [1.82, 2.24) is 15.0 Å². The molecule has 2 rings (SSSR count). The molecular formula is C8H12BrN3OS. The third-order valence-corrected chi connectivity index (χ3v) is 4.27. The van der Waals surface area contributed by atoms with Gasteiger partial charge in [-0.15, -0.1) is 5.10 Å². The van der Waals surface area contributed by atoms with E-state index in [4.69, 9.17) is 0 Å². The van der Waals surface area contributed by atoms with Gasteiger partial charge in [-0.2, -0.15) is 11.8 Å². The fourth-order valence-electron chi connectivity index (χ4n) is 1.68. The number of halogens is 1. The highest BCUT2D eigenvalue weighted by molar-refractivity contribution is 9.10. The Labute approximate surface area is 95.2 Å². The van der Waals surface area contributed by atoms with Crippen molar-refractivity contribution in [2.45, 2.75) is 12.5 Å². The molecule has 2 unspecified atom stereocenters. The molecule has 2 atom stereocenters. The summed E-state index contributed by atoms with van der Waals surface area (Å²) in [6, 6.07) is 0. The zero-order valence-electron chi connectivity index (χ0n) is 7.85. The van der Waals surface area contributed by atoms with Gasteiger partial charge < -0.3 is 5.11 Å². The lowest BCUT2D eigenvalue weighted by Crippen LogP contribution is -2.15. The van der Waals surface area contributed by atoms with Crippen LogP contribution in [0.15, 0.2) is 4.60 Å². The van der Waals surface area contributed by atoms with Gasteiger partial charge in [0.25, 0.3) is 0 Å². The summed E-state index contributed by atoms with van der Waals surface area (Å²) >= 11 is 5.20. The van der Waals surface area contributed by atoms with Gasteiger partial charge in [0.2, 0.25) is 0 Å². The first kappa shape index (κ1) is 10.4. The van der Waals surface area contributed by atoms with E-state index in [1.807, 2.05) is 11.8 Å². The molecule has 1 aromatic rings. The summed E-state index contributed by atoms with van der Waals surface area (Å²) in [5.41, 5.74) is 0.789. The summed E-state index contributed by atoms with van der Waals surface area (Å²) < 4.78 is 2.29. The van der Waals surface area contributed by atoms with Crippen LogP contribution in [0.4, 0.5) is 0 Å². The molecule has 14 heavy (non-hydrogen) atoms. The minimum Gasteiger partial charge on any atom is -0.386 e. The first-order chi connectivity index (χ1) is 6.70. The molecule has 0 aromatic carbocycles. The van der Waals surface area contributed by atoms with E-state index in [0.717, 1.165) is 23.6 Å². The molecule has 0 saturated carbocycles. The largest absolute Gasteiger partial charge is 0.386 e. The Morgan fingerprint density at radius 1 is 1.71 bits per heavy atom. The predicted molar refractivity (Wildman–Crippen MR) is 59.1 cm³/mol. The molecule has 1 fully saturated rings. The molecule has 6 heteroatoms. The number of aryl methyl sites for hydroxylation is 1. The molecule has 0 aliphatic carbocycles. The number of aliphatic hydroxyl groups is 1. The van der Waals surface area contributed by atoms with Crippen molar-refractivity contribution in [2.24, 2.45) is 13.0 Å². The van der Waals surface area contributed by atoms with Gasteiger partial charge in [-0.1, -0.05) is 5.21 Å². The van der Waals surface area contributed by atoms with Crippen LogP contribution in [0.1, 0.15) is 18.2 Å². The minimum absolute atomic E-state index is 0.341. The van der Waals surface area contributed by atoms with E-state index in [0.29, 0.717) is 10.5 Å². The fourth-order valence-corrected chi connectivity index (χ4v) is 3.53. The van der Waals surface area contributed by atoms with E-state index in [2.05, 4.69) is 26.2 Å². The van der Waals surface area contributed by atoms with Crippen LogP contribution in [0.3, 0.4) is 0 Å². The van der Waals surface area contributed by atoms with Crippen molar-refractivity contribution < 1.29 is 5.11 Å². The Kier molecular flexibility index (Phi) is 3.14. The van der Waals surface area contributed by atoms with Gasteiger partial charge in [0.1, 0.15) is 11.8 Å². The monoisotopic (exact) mass is 277 g/mol. The van der Waals surface area contributed by atoms with Gasteiger partial charge in [0, 0.05) is 13.0 Å². The predicted octanol–water partition coefficient (Wildman–Crippen LogP) is 1.36. The molecule has 78 valence electrons. The maximum atomic E-state index is 10.1. The normalized spacial score (nSPS) is 24.1. The van der Waals surface area contributed by atoms with Crippen molar-refractivity contribution in [3.05, 3.63) is 10.3 Å². The number of thioether (sulfide) groups is 1. The average Bonchev–Trinajstić information content (AvgIpc) is 2.75. The number of hydrogen-bond acceptors (Lipinski definition) is 4. The summed E-state index contributed by atoms with van der Waals surface area (Å²) in [5.74, 6) is 2.51. The number of aliphatic hydroxyl groups excluding tert-OH is 1. The van der Waals surface area contributed by atoms with E-state index >= 15 is 0 Å². The molecule has 0 spiro atoms. The van der Waals surface area contributed by atoms with Gasteiger partial charge in [-0.05, 0) is 33.9 Å². The van der Waals surface area contributed by atoms with E-state index in [9.17, 15) is 5.11 Å². The topological polar surface area (TPSA) is 50.9 Å². The zero-order valence-corrected chi connectivity index (χ0v) is 10.3. The maximum Gasteiger partial charge on any atom is 0.154 e. The molecule has 0 amide bonds. The van der Waals surface area contributed by atoms with E-state index in [-0.39, 0.29) is 0 Å². The van der Waals surface area contributed by atoms with Gasteiger partial charge in [-0.25, -0.2) is 4.68 Å². The van der Waals surface area contributed by atoms with Crippen LogP contribution in [0.2, 0.25) is 0 Å². The van der Waals surface area contributed by atoms with Gasteiger partial charge in [-0.3, -0.25) is 0 Å². The lowest BCUT2D eigenvalue weighted by atomic mass is 10.00. The van der Waals surface area contributed by atoms with Gasteiger partial charge in [0.05, 0.1) is 0 Å². The SMILES string of the molecule is Cn1nnc(Br)c1C(O)C1CCSC1. The van der Waals surface area contributed by atoms with Gasteiger partial charge in [0.15, 0.2) is 4.60 Å². The highest BCUT2D eigenvalue weighted by Gasteiger charge is 2.29. The molecule has 4 nitrogen and oxygen atoms in total. The lowest BCUT2D eigenvalue weighted by Gasteiger charge is -2.16. The molecule has 0 radical (unpaired) electrons. The molecule has 1 aromatic heterocycles. The van der Waals surface area contributed by atoms with Crippen molar-refractivity contribution in [3.63, 3.8) is 0 Å². The molecule has 1 aliphatic heterocycles. The van der Waals surface area contributed by atoms with Crippen molar-refractivity contribution in [1.29, 1.82) is 0 Å². The van der Waals surface area contributed by atoms with Crippen LogP contribution in [-0.4, -0.2) is 31.6 Å². The highest BCUT2D eigenvalue weighted by Crippen LogP contribution is 2.35. The van der Waals surface area contributed by atoms with Crippen LogP contribution in [0, 0.1) is 5.92 Å². The molecular weight excluding hydrogens is 266 g/mol. The van der Waals surface area contributed by atoms with Crippen LogP contribution in [0.25, 0.3) is 0 Å². The van der Waals surface area contributed by atoms with Crippen molar-refractivity contribution in [2.75, 3.05) is 11.5 Å². The van der Waals surface area contributed by atoms with Crippen molar-refractivity contribution in [3.8, 4) is 0 Å². The van der Waals surface area contributed by atoms with Crippen LogP contribution in [0.5, 0.6) is 0 Å². The Morgan fingerprint density at radius 2 is 2.50 bits per heavy atom. The summed E-state index contributed by atoms with van der Waals surface area (Å²) in [6.45, 7) is 0. The van der Waals surface area contributed by atoms with E-state index in [1.165, 1.54) is 0 Å². The standard InChI is InChI=1S/C8H12BrN3OS/c1-12-6(8(9)10-11-12)7(13)5-2-3-14-4-5/h5,7,13H,2-4H2,1H3. The maximum absolute atomic E-state index is 10.1. The van der Waals surface area contributed by atoms with Crippen LogP contribution < -0.4 is 0 Å². The molecule has 0 bridgehead atoms. The van der Waals surface area contributed by atoms with E-state index < -0.39 is 6.10 Å². The summed E-state index contributed by atoms with van der Waals surface area (Å²) in [5, 5.41) is 17.9. The number of hydrogen-bond donors (Lipinski definition) is 1. The lowest BCUT2D eigenvalue weighted by molar-refractivity contribution is 0.112. The average molecular weight is 278 g/mol. The summed E-state index contributed by atoms with van der Waals surface area (Å²) in [4.78, 5) is 0. The number of rotatable bonds is 2. The molecule has 1 N–H and O–H groups in total. The van der Waals surface area contributed by atoms with E-state index in [1.54, 1.807) is 11.7 Å². The van der Waals surface area contributed by atoms with Crippen molar-refractivity contribution >= 4 is 27.7 Å². The Bertz CT molecular complexity index is 305. The molecule has 1 aliphatic rings. The Balaban J connectivity index is 2.21. The second-order valence-corrected chi connectivity index (χ2v) is 5.36. The molecule has 1 saturated heterocycles. The quantitative estimate of drug-likeness (QED) is 0.887. The Morgan fingerprint density at radius 3 is 3.00 bits per heavy atom. The number of aromatic nitrogens is 3. The third kappa shape index (κ3) is 1.83. The first-order valence-electron chi connectivity index (χ1n) is 4.51. The first-order valence-corrected chi connectivity index (χ1v) is 6.46. The zero-order chi connectivity index (χ0) is 10.1. The second kappa shape index (κ2) is 4.20. The summed E-state index contributed by atoms with van der Waals surface area (Å²) in [7, 11) is 1.80. The smallest absolute Gasteiger partial charge is 0.154 e. The summed E-state index contributed by atoms with van der Waals surface area (Å²) in [6.07, 6.45) is 0.628. The minimum atomic E-state index is -0.445. The highest BCUT2D eigenvalue weighted by atomic mass is 79.9. The third-order valence-electron chi connectivity index (χ3n) is 2.52. The van der Waals surface area contributed by atoms with Gasteiger partial charge >= 0.3 is 0 Å². The Hall–Kier alpha value is -0.0700. The fraction of sp³-hybridized carbons (Fsp3) is 0.750. The molecule has 2 heterocycles. The van der Waals surface area contributed by atoms with Crippen LogP contribution in [-0.2, 0) is 7.05 Å². The van der Waals surface area contributed by atoms with Crippen LogP contribution >= 0.6 is 27.7 Å².